The van der Waals surface area contributed by atoms with Gasteiger partial charge in [0.05, 0.1) is 0 Å². The van der Waals surface area contributed by atoms with Crippen molar-refractivity contribution in [3.63, 3.8) is 0 Å². The summed E-state index contributed by atoms with van der Waals surface area (Å²) in [5.41, 5.74) is 0.295. The smallest absolute Gasteiger partial charge is 0.320 e. The first-order valence-electron chi connectivity index (χ1n) is 11.7. The van der Waals surface area contributed by atoms with Crippen molar-refractivity contribution in [1.29, 1.82) is 0 Å². The Morgan fingerprint density at radius 1 is 0.688 bits per heavy atom. The van der Waals surface area contributed by atoms with Crippen LogP contribution in [0, 0.1) is 0 Å². The maximum Gasteiger partial charge on any atom is 0.320 e. The second-order valence-corrected chi connectivity index (χ2v) is 31.9. The molecular formula is C22H47FO4Si5. The number of rotatable bonds is 12. The van der Waals surface area contributed by atoms with Crippen LogP contribution in [0.5, 0.6) is 0 Å². The lowest BCUT2D eigenvalue weighted by Crippen LogP contribution is -2.60. The molecule has 1 rings (SSSR count). The molecule has 0 fully saturated rings. The first kappa shape index (κ1) is 30.1. The Morgan fingerprint density at radius 3 is 1.38 bits per heavy atom. The van der Waals surface area contributed by atoms with Crippen molar-refractivity contribution < 1.29 is 20.9 Å². The normalized spacial score (nSPS) is 16.2. The molecule has 0 saturated carbocycles. The standard InChI is InChI=1S/C22H47FO4Si5/c1-14-20-15-17-21(18-16-20)22(2,23)19-32(13,26-30(9,10)24-28(3,4)5)27-31(11,12)25-29(6,7)8/h15-18H,14,19H2,1-13H3. The Kier molecular flexibility index (Phi) is 9.75. The lowest BCUT2D eigenvalue weighted by Gasteiger charge is -2.44. The van der Waals surface area contributed by atoms with Gasteiger partial charge in [-0.3, -0.25) is 0 Å². The van der Waals surface area contributed by atoms with E-state index in [9.17, 15) is 0 Å². The highest BCUT2D eigenvalue weighted by Crippen LogP contribution is 2.39. The molecule has 0 aliphatic heterocycles. The van der Waals surface area contributed by atoms with Crippen LogP contribution in [0.15, 0.2) is 24.3 Å². The van der Waals surface area contributed by atoms with Gasteiger partial charge in [0.15, 0.2) is 16.6 Å². The van der Waals surface area contributed by atoms with E-state index in [1.165, 1.54) is 5.56 Å². The van der Waals surface area contributed by atoms with Crippen molar-refractivity contribution in [2.45, 2.75) is 104 Å². The number of halogens is 1. The summed E-state index contributed by atoms with van der Waals surface area (Å²) in [7, 11) is -11.7. The van der Waals surface area contributed by atoms with E-state index in [2.05, 4.69) is 72.4 Å². The molecule has 0 bridgehead atoms. The average Bonchev–Trinajstić information content (AvgIpc) is 2.47. The molecule has 32 heavy (non-hydrogen) atoms. The van der Waals surface area contributed by atoms with E-state index in [4.69, 9.17) is 16.5 Å². The third-order valence-corrected chi connectivity index (χ3v) is 22.2. The predicted molar refractivity (Wildman–Crippen MR) is 147 cm³/mol. The van der Waals surface area contributed by atoms with Crippen molar-refractivity contribution in [2.75, 3.05) is 0 Å². The van der Waals surface area contributed by atoms with Crippen molar-refractivity contribution in [2.24, 2.45) is 0 Å². The number of benzene rings is 1. The Bertz CT molecular complexity index is 710. The van der Waals surface area contributed by atoms with E-state index in [0.717, 1.165) is 6.42 Å². The minimum Gasteiger partial charge on any atom is -0.437 e. The molecule has 1 aromatic carbocycles. The van der Waals surface area contributed by atoms with Crippen LogP contribution in [0.2, 0.25) is 78.1 Å². The van der Waals surface area contributed by atoms with E-state index in [-0.39, 0.29) is 6.04 Å². The molecule has 10 heteroatoms. The van der Waals surface area contributed by atoms with Gasteiger partial charge >= 0.3 is 25.7 Å². The lowest BCUT2D eigenvalue weighted by atomic mass is 9.98. The van der Waals surface area contributed by atoms with Crippen LogP contribution in [-0.4, -0.2) is 42.3 Å². The Labute approximate surface area is 202 Å². The molecule has 0 aliphatic rings. The van der Waals surface area contributed by atoms with E-state index in [0.29, 0.717) is 5.56 Å². The van der Waals surface area contributed by atoms with Crippen LogP contribution in [0.1, 0.15) is 25.0 Å². The third-order valence-electron chi connectivity index (χ3n) is 4.64. The van der Waals surface area contributed by atoms with Gasteiger partial charge in [-0.2, -0.15) is 0 Å². The van der Waals surface area contributed by atoms with Gasteiger partial charge in [0.2, 0.25) is 0 Å². The molecule has 1 unspecified atom stereocenters. The van der Waals surface area contributed by atoms with E-state index in [1.54, 1.807) is 6.92 Å². The molecule has 0 heterocycles. The lowest BCUT2D eigenvalue weighted by molar-refractivity contribution is 0.192. The van der Waals surface area contributed by atoms with Gasteiger partial charge in [0.25, 0.3) is 0 Å². The summed E-state index contributed by atoms with van der Waals surface area (Å²) < 4.78 is 42.6. The van der Waals surface area contributed by atoms with Crippen LogP contribution in [-0.2, 0) is 28.6 Å². The molecule has 0 saturated heterocycles. The molecule has 0 aliphatic carbocycles. The van der Waals surface area contributed by atoms with E-state index in [1.807, 2.05) is 30.8 Å². The van der Waals surface area contributed by atoms with Crippen molar-refractivity contribution in [3.05, 3.63) is 35.4 Å². The molecule has 0 aromatic heterocycles. The van der Waals surface area contributed by atoms with Gasteiger partial charge in [-0.1, -0.05) is 31.2 Å². The van der Waals surface area contributed by atoms with Gasteiger partial charge < -0.3 is 16.5 Å². The minimum atomic E-state index is -3.02. The van der Waals surface area contributed by atoms with Crippen LogP contribution < -0.4 is 0 Å². The fourth-order valence-corrected chi connectivity index (χ4v) is 28.2. The highest BCUT2D eigenvalue weighted by Gasteiger charge is 2.51. The Balaban J connectivity index is 3.30. The fourth-order valence-electron chi connectivity index (χ4n) is 4.44. The molecular weight excluding hydrogens is 488 g/mol. The Hall–Kier alpha value is 0.0744. The average molecular weight is 535 g/mol. The molecule has 1 atom stereocenters. The third kappa shape index (κ3) is 11.0. The number of hydrogen-bond donors (Lipinski definition) is 0. The van der Waals surface area contributed by atoms with Gasteiger partial charge in [-0.05, 0) is 96.5 Å². The van der Waals surface area contributed by atoms with Crippen LogP contribution in [0.25, 0.3) is 0 Å². The quantitative estimate of drug-likeness (QED) is 0.258. The number of hydrogen-bond acceptors (Lipinski definition) is 4. The van der Waals surface area contributed by atoms with Gasteiger partial charge in [0.1, 0.15) is 5.67 Å². The highest BCUT2D eigenvalue weighted by atomic mass is 28.5. The SMILES string of the molecule is CCc1ccc(C(C)(F)C[Si](C)(O[Si](C)(C)O[Si](C)(C)C)O[Si](C)(C)O[Si](C)(C)C)cc1. The summed E-state index contributed by atoms with van der Waals surface area (Å²) >= 11 is 0. The molecule has 0 amide bonds. The summed E-state index contributed by atoms with van der Waals surface area (Å²) in [5, 5.41) is 0. The second-order valence-electron chi connectivity index (χ2n) is 12.0. The first-order chi connectivity index (χ1) is 14.1. The maximum absolute atomic E-state index is 16.2. The van der Waals surface area contributed by atoms with Gasteiger partial charge in [-0.15, -0.1) is 0 Å². The molecule has 0 radical (unpaired) electrons. The van der Waals surface area contributed by atoms with Crippen molar-refractivity contribution >= 4 is 42.3 Å². The molecule has 186 valence electrons. The molecule has 0 spiro atoms. The van der Waals surface area contributed by atoms with Crippen LogP contribution in [0.3, 0.4) is 0 Å². The highest BCUT2D eigenvalue weighted by molar-refractivity contribution is 6.90. The maximum atomic E-state index is 16.2. The summed E-state index contributed by atoms with van der Waals surface area (Å²) in [5.74, 6) is 0. The first-order valence-corrected chi connectivity index (χ1v) is 26.6. The largest absolute Gasteiger partial charge is 0.437 e. The zero-order valence-electron chi connectivity index (χ0n) is 22.7. The minimum absolute atomic E-state index is 0.197. The fraction of sp³-hybridized carbons (Fsp3) is 0.727. The second kappa shape index (κ2) is 10.4. The zero-order valence-corrected chi connectivity index (χ0v) is 27.7. The van der Waals surface area contributed by atoms with Crippen LogP contribution >= 0.6 is 0 Å². The van der Waals surface area contributed by atoms with Crippen molar-refractivity contribution in [1.82, 2.24) is 0 Å². The van der Waals surface area contributed by atoms with Crippen molar-refractivity contribution in [3.8, 4) is 0 Å². The summed E-state index contributed by atoms with van der Waals surface area (Å²) in [6.07, 6.45) is 0.934. The van der Waals surface area contributed by atoms with Gasteiger partial charge in [-0.25, -0.2) is 4.39 Å². The van der Waals surface area contributed by atoms with E-state index < -0.39 is 48.0 Å². The number of aryl methyl sites for hydroxylation is 1. The summed E-state index contributed by atoms with van der Waals surface area (Å²) in [6.45, 7) is 26.9. The monoisotopic (exact) mass is 534 g/mol. The summed E-state index contributed by atoms with van der Waals surface area (Å²) in [6, 6.07) is 8.01. The topological polar surface area (TPSA) is 36.9 Å². The van der Waals surface area contributed by atoms with E-state index >= 15 is 4.39 Å². The molecule has 4 nitrogen and oxygen atoms in total. The molecule has 1 aromatic rings. The van der Waals surface area contributed by atoms with Gasteiger partial charge in [0, 0.05) is 6.04 Å². The Morgan fingerprint density at radius 2 is 1.06 bits per heavy atom. The summed E-state index contributed by atoms with van der Waals surface area (Å²) in [4.78, 5) is 0. The molecule has 0 N–H and O–H groups in total. The number of alkyl halides is 1. The predicted octanol–water partition coefficient (Wildman–Crippen LogP) is 7.65. The zero-order chi connectivity index (χ0) is 25.2. The van der Waals surface area contributed by atoms with Crippen LogP contribution in [0.4, 0.5) is 4.39 Å².